The Hall–Kier alpha value is -4.81. The lowest BCUT2D eigenvalue weighted by atomic mass is 10.1. The van der Waals surface area contributed by atoms with E-state index >= 15 is 0 Å². The highest BCUT2D eigenvalue weighted by atomic mass is 32.2. The third-order valence-corrected chi connectivity index (χ3v) is 12.8. The van der Waals surface area contributed by atoms with E-state index in [1.54, 1.807) is 37.5 Å². The Morgan fingerprint density at radius 3 is 1.51 bits per heavy atom. The van der Waals surface area contributed by atoms with Crippen molar-refractivity contribution in [2.75, 3.05) is 71.3 Å². The molecule has 334 valence electrons. The molecular weight excluding hydrogens is 817 g/mol. The summed E-state index contributed by atoms with van der Waals surface area (Å²) in [7, 11) is 1.60. The monoisotopic (exact) mass is 880 g/mol. The number of aryl methyl sites for hydroxylation is 1. The number of hydrogen-bond acceptors (Lipinski definition) is 11. The van der Waals surface area contributed by atoms with E-state index in [4.69, 9.17) is 15.3 Å². The molecule has 4 aromatic carbocycles. The number of nitrogens with zero attached hydrogens (tertiary/aromatic N) is 3. The van der Waals surface area contributed by atoms with Gasteiger partial charge in [0, 0.05) is 93.9 Å². The molecule has 1 amide bonds. The topological polar surface area (TPSA) is 199 Å². The second-order valence-corrected chi connectivity index (χ2v) is 18.4. The van der Waals surface area contributed by atoms with Crippen molar-refractivity contribution in [3.63, 3.8) is 0 Å². The molecule has 1 unspecified atom stereocenters. The van der Waals surface area contributed by atoms with Crippen LogP contribution in [0.5, 0.6) is 0 Å². The van der Waals surface area contributed by atoms with Crippen LogP contribution in [0.4, 0.5) is 11.4 Å². The van der Waals surface area contributed by atoms with Crippen molar-refractivity contribution < 1.29 is 36.3 Å². The molecule has 1 aromatic heterocycles. The van der Waals surface area contributed by atoms with Gasteiger partial charge in [0.25, 0.3) is 0 Å². The van der Waals surface area contributed by atoms with Gasteiger partial charge in [0.15, 0.2) is 5.72 Å². The molecule has 6 rings (SSSR count). The third kappa shape index (κ3) is 14.4. The molecule has 1 aliphatic rings. The summed E-state index contributed by atoms with van der Waals surface area (Å²) >= 11 is 0. The number of carbonyl (C=O) groups excluding carboxylic acids is 1. The van der Waals surface area contributed by atoms with Crippen LogP contribution in [0.2, 0.25) is 0 Å². The number of aliphatic hydroxyl groups is 2. The zero-order chi connectivity index (χ0) is 45.2. The molecule has 0 saturated heterocycles. The van der Waals surface area contributed by atoms with Gasteiger partial charge in [-0.25, -0.2) is 26.3 Å². The van der Waals surface area contributed by atoms with Crippen molar-refractivity contribution in [3.8, 4) is 0 Å². The van der Waals surface area contributed by atoms with E-state index in [2.05, 4.69) is 9.44 Å². The maximum Gasteiger partial charge on any atom is 0.248 e. The summed E-state index contributed by atoms with van der Waals surface area (Å²) in [6.07, 6.45) is 9.23. The van der Waals surface area contributed by atoms with Gasteiger partial charge < -0.3 is 35.1 Å². The van der Waals surface area contributed by atoms with Gasteiger partial charge in [-0.05, 0) is 88.5 Å². The summed E-state index contributed by atoms with van der Waals surface area (Å²) in [5, 5.41) is 20.4. The summed E-state index contributed by atoms with van der Waals surface area (Å²) in [6, 6.07) is 25.9. The molecular formula is C45H64N6O8S2. The Morgan fingerprint density at radius 1 is 0.672 bits per heavy atom. The molecule has 0 spiro atoms. The molecule has 1 aliphatic heterocycles. The molecule has 2 heterocycles. The van der Waals surface area contributed by atoms with E-state index < -0.39 is 25.8 Å². The lowest BCUT2D eigenvalue weighted by Gasteiger charge is -2.29. The number of hydrogen-bond donors (Lipinski definition) is 5. The minimum absolute atomic E-state index is 0.200. The minimum Gasteiger partial charge on any atom is -0.470 e. The number of benzene rings is 4. The average molecular weight is 881 g/mol. The van der Waals surface area contributed by atoms with Crippen LogP contribution in [0.25, 0.3) is 21.5 Å². The number of carbonyl (C=O) groups is 1. The number of sulfonamides is 2. The van der Waals surface area contributed by atoms with E-state index in [1.807, 2.05) is 106 Å². The average Bonchev–Trinajstić information content (AvgIpc) is 3.82. The fraction of sp³-hybridized carbons (Fsp3) is 0.400. The Balaban J connectivity index is 0.000000282. The number of nitrogens with one attached hydrogen (secondary N) is 2. The number of amides is 1. The van der Waals surface area contributed by atoms with Gasteiger partial charge in [0.2, 0.25) is 26.0 Å². The van der Waals surface area contributed by atoms with Crippen LogP contribution < -0.4 is 25.0 Å². The number of rotatable bonds is 17. The predicted octanol–water partition coefficient (Wildman–Crippen LogP) is 5.97. The minimum atomic E-state index is -3.64. The second kappa shape index (κ2) is 24.0. The third-order valence-electron chi connectivity index (χ3n) is 9.80. The summed E-state index contributed by atoms with van der Waals surface area (Å²) in [4.78, 5) is 17.7. The highest BCUT2D eigenvalue weighted by Gasteiger charge is 2.34. The van der Waals surface area contributed by atoms with Crippen molar-refractivity contribution >= 4 is 58.9 Å². The summed E-state index contributed by atoms with van der Waals surface area (Å²) < 4.78 is 61.2. The van der Waals surface area contributed by atoms with E-state index in [1.165, 1.54) is 17.1 Å². The first kappa shape index (κ1) is 50.5. The smallest absolute Gasteiger partial charge is 0.248 e. The van der Waals surface area contributed by atoms with Crippen molar-refractivity contribution in [1.82, 2.24) is 14.3 Å². The maximum absolute atomic E-state index is 12.9. The fourth-order valence-electron chi connectivity index (χ4n) is 6.69. The van der Waals surface area contributed by atoms with Gasteiger partial charge in [-0.3, -0.25) is 4.79 Å². The van der Waals surface area contributed by atoms with Crippen LogP contribution in [0, 0.1) is 6.92 Å². The highest BCUT2D eigenvalue weighted by molar-refractivity contribution is 7.90. The van der Waals surface area contributed by atoms with E-state index in [9.17, 15) is 26.7 Å². The van der Waals surface area contributed by atoms with Gasteiger partial charge in [-0.1, -0.05) is 61.4 Å². The van der Waals surface area contributed by atoms with Gasteiger partial charge >= 0.3 is 0 Å². The van der Waals surface area contributed by atoms with E-state index in [-0.39, 0.29) is 10.8 Å². The predicted molar refractivity (Wildman–Crippen MR) is 247 cm³/mol. The lowest BCUT2D eigenvalue weighted by molar-refractivity contribution is -0.139. The quantitative estimate of drug-likeness (QED) is 0.0690. The molecule has 0 aliphatic carbocycles. The van der Waals surface area contributed by atoms with Crippen LogP contribution in [-0.2, 0) is 24.8 Å². The Labute approximate surface area is 362 Å². The molecule has 0 radical (unpaired) electrons. The number of fused-ring (bicyclic) bond motifs is 2. The lowest BCUT2D eigenvalue weighted by Crippen LogP contribution is -2.44. The summed E-state index contributed by atoms with van der Waals surface area (Å²) in [5.41, 5.74) is 6.17. The van der Waals surface area contributed by atoms with Crippen LogP contribution >= 0.6 is 0 Å². The molecule has 5 aromatic rings. The number of anilines is 2. The van der Waals surface area contributed by atoms with Gasteiger partial charge in [-0.15, -0.1) is 0 Å². The largest absolute Gasteiger partial charge is 0.470 e. The SMILES string of the molecule is CN(C)c1cccc2c(S(=O)(=O)NCCCCCN)cccc12.CN(C)c1cccc2c(S(=O)(=O)NCCCCCN3C(=O)C=CC3(C)O)cccc12.CO.Cc1ccco1. The zero-order valence-corrected chi connectivity index (χ0v) is 38.1. The molecule has 14 nitrogen and oxygen atoms in total. The van der Waals surface area contributed by atoms with Gasteiger partial charge in [0.1, 0.15) is 5.76 Å². The normalized spacial score (nSPS) is 14.8. The van der Waals surface area contributed by atoms with Crippen molar-refractivity contribution in [1.29, 1.82) is 0 Å². The highest BCUT2D eigenvalue weighted by Crippen LogP contribution is 2.31. The molecule has 0 saturated carbocycles. The Kier molecular flexibility index (Phi) is 19.9. The molecule has 0 fully saturated rings. The van der Waals surface area contributed by atoms with Crippen LogP contribution in [0.1, 0.15) is 51.2 Å². The van der Waals surface area contributed by atoms with Gasteiger partial charge in [-0.2, -0.15) is 0 Å². The number of nitrogens with two attached hydrogens (primary N) is 1. The maximum atomic E-state index is 12.9. The van der Waals surface area contributed by atoms with Crippen molar-refractivity contribution in [2.45, 2.75) is 67.9 Å². The standard InChI is InChI=1S/C22H29N3O4S.C17H25N3O2S.C5H6O.CH4O/c1-22(27)14-13-21(26)25(22)16-6-4-5-15-23-30(28,29)20-12-8-9-17-18(20)10-7-11-19(17)24(2)3;1-20(2)16-10-6-9-15-14(16)8-7-11-17(15)23(21,22)19-13-5-3-4-12-18;1-5-3-2-4-6-5;1-2/h7-14,23,27H,4-6,15-16H2,1-3H3;6-11,19H,3-5,12-13,18H2,1-2H3;2-4H,1H3;2H,1H3. The number of aliphatic hydroxyl groups excluding tert-OH is 1. The number of unbranched alkanes of at least 4 members (excludes halogenated alkanes) is 4. The van der Waals surface area contributed by atoms with Gasteiger partial charge in [0.05, 0.1) is 16.1 Å². The first-order valence-corrected chi connectivity index (χ1v) is 23.2. The Bertz CT molecular complexity index is 2380. The number of furan rings is 1. The molecule has 0 bridgehead atoms. The van der Waals surface area contributed by atoms with Crippen LogP contribution in [-0.4, -0.2) is 105 Å². The molecule has 16 heteroatoms. The van der Waals surface area contributed by atoms with Crippen molar-refractivity contribution in [3.05, 3.63) is 109 Å². The fourth-order valence-corrected chi connectivity index (χ4v) is 9.28. The molecule has 6 N–H and O–H groups in total. The molecule has 61 heavy (non-hydrogen) atoms. The first-order chi connectivity index (χ1) is 29.0. The van der Waals surface area contributed by atoms with Crippen molar-refractivity contribution in [2.24, 2.45) is 5.73 Å². The van der Waals surface area contributed by atoms with Crippen LogP contribution in [0.15, 0.2) is 118 Å². The molecule has 1 atom stereocenters. The van der Waals surface area contributed by atoms with Crippen LogP contribution in [0.3, 0.4) is 0 Å². The summed E-state index contributed by atoms with van der Waals surface area (Å²) in [6.45, 7) is 5.32. The van der Waals surface area contributed by atoms with E-state index in [0.717, 1.165) is 66.1 Å². The Morgan fingerprint density at radius 2 is 1.13 bits per heavy atom. The second-order valence-electron chi connectivity index (χ2n) is 14.9. The summed E-state index contributed by atoms with van der Waals surface area (Å²) in [5.74, 6) is 0.767. The first-order valence-electron chi connectivity index (χ1n) is 20.3. The van der Waals surface area contributed by atoms with E-state index in [0.29, 0.717) is 49.3 Å². The zero-order valence-electron chi connectivity index (χ0n) is 36.5.